The van der Waals surface area contributed by atoms with Gasteiger partial charge in [-0.1, -0.05) is 0 Å². The second-order valence-electron chi connectivity index (χ2n) is 4.57. The number of para-hydroxylation sites is 1. The molecule has 0 amide bonds. The number of aromatic amines is 1. The number of hydrogen-bond acceptors (Lipinski definition) is 1. The van der Waals surface area contributed by atoms with Gasteiger partial charge in [-0.15, -0.1) is 0 Å². The number of rotatable bonds is 8. The van der Waals surface area contributed by atoms with Crippen LogP contribution in [0.15, 0.2) is 30.5 Å². The molecule has 4 heteroatoms. The molecule has 0 aliphatic carbocycles. The first-order valence-electron chi connectivity index (χ1n) is 6.62. The zero-order chi connectivity index (χ0) is 13.5. The first kappa shape index (κ1) is 14.2. The van der Waals surface area contributed by atoms with Gasteiger partial charge in [0.05, 0.1) is 0 Å². The van der Waals surface area contributed by atoms with Crippen molar-refractivity contribution in [1.29, 1.82) is 0 Å². The van der Waals surface area contributed by atoms with Crippen molar-refractivity contribution in [2.75, 3.05) is 0 Å². The van der Waals surface area contributed by atoms with E-state index < -0.39 is 5.97 Å². The Morgan fingerprint density at radius 1 is 1.21 bits per heavy atom. The Labute approximate surface area is 119 Å². The first-order chi connectivity index (χ1) is 9.27. The van der Waals surface area contributed by atoms with Gasteiger partial charge in [0.2, 0.25) is 0 Å². The van der Waals surface area contributed by atoms with Crippen LogP contribution in [0.2, 0.25) is 10.6 Å². The summed E-state index contributed by atoms with van der Waals surface area (Å²) in [7, 11) is 0. The zero-order valence-corrected chi connectivity index (χ0v) is 12.6. The minimum absolute atomic E-state index is 0.318. The van der Waals surface area contributed by atoms with Crippen molar-refractivity contribution in [3.05, 3.63) is 36.0 Å². The molecule has 102 valence electrons. The second kappa shape index (κ2) is 7.37. The number of aliphatic carboxylic acids is 1. The van der Waals surface area contributed by atoms with E-state index in [0.29, 0.717) is 21.4 Å². The molecule has 1 aromatic heterocycles. The van der Waals surface area contributed by atoms with E-state index in [1.165, 1.54) is 27.1 Å². The van der Waals surface area contributed by atoms with Crippen LogP contribution in [0, 0.1) is 0 Å². The van der Waals surface area contributed by atoms with Gasteiger partial charge in [0, 0.05) is 0 Å². The number of carboxylic acid groups (broad SMARTS) is 1. The van der Waals surface area contributed by atoms with Gasteiger partial charge < -0.3 is 0 Å². The minimum atomic E-state index is -0.675. The van der Waals surface area contributed by atoms with Crippen LogP contribution >= 0.6 is 0 Å². The molecule has 0 atom stereocenters. The topological polar surface area (TPSA) is 53.1 Å². The van der Waals surface area contributed by atoms with Crippen LogP contribution in [-0.2, 0) is 11.2 Å². The average Bonchev–Trinajstić information content (AvgIpc) is 2.81. The fraction of sp³-hybridized carbons (Fsp3) is 0.400. The van der Waals surface area contributed by atoms with E-state index >= 15 is 0 Å². The molecule has 0 saturated heterocycles. The van der Waals surface area contributed by atoms with E-state index in [1.807, 2.05) is 0 Å². The molecule has 0 spiro atoms. The van der Waals surface area contributed by atoms with Crippen molar-refractivity contribution in [1.82, 2.24) is 4.98 Å². The number of H-pyrrole nitrogens is 1. The van der Waals surface area contributed by atoms with E-state index in [2.05, 4.69) is 35.4 Å². The average molecular weight is 324 g/mol. The molecule has 0 radical (unpaired) electrons. The van der Waals surface area contributed by atoms with E-state index in [9.17, 15) is 4.79 Å². The maximum absolute atomic E-state index is 10.4. The van der Waals surface area contributed by atoms with Gasteiger partial charge in [0.25, 0.3) is 0 Å². The second-order valence-corrected chi connectivity index (χ2v) is 7.14. The molecule has 0 aliphatic rings. The summed E-state index contributed by atoms with van der Waals surface area (Å²) in [6.45, 7) is 0. The van der Waals surface area contributed by atoms with Gasteiger partial charge in [0.15, 0.2) is 0 Å². The van der Waals surface area contributed by atoms with E-state index in [1.54, 1.807) is 0 Å². The molecule has 2 rings (SSSR count). The molecule has 0 saturated carbocycles. The van der Waals surface area contributed by atoms with Gasteiger partial charge in [-0.3, -0.25) is 0 Å². The molecule has 1 aromatic carbocycles. The van der Waals surface area contributed by atoms with Crippen molar-refractivity contribution >= 4 is 31.8 Å². The summed E-state index contributed by atoms with van der Waals surface area (Å²) in [5, 5.41) is 12.3. The van der Waals surface area contributed by atoms with Crippen LogP contribution in [0.4, 0.5) is 0 Å². The maximum atomic E-state index is 10.4. The van der Waals surface area contributed by atoms with Crippen molar-refractivity contribution in [2.24, 2.45) is 0 Å². The van der Waals surface area contributed by atoms with E-state index in [-0.39, 0.29) is 0 Å². The Morgan fingerprint density at radius 2 is 2.05 bits per heavy atom. The molecule has 2 N–H and O–H groups in total. The molecule has 2 aromatic rings. The molecule has 0 bridgehead atoms. The molecule has 19 heavy (non-hydrogen) atoms. The summed E-state index contributed by atoms with van der Waals surface area (Å²) in [5.74, 6) is -0.675. The van der Waals surface area contributed by atoms with Gasteiger partial charge in [0.1, 0.15) is 0 Å². The molecule has 0 aliphatic heterocycles. The summed E-state index contributed by atoms with van der Waals surface area (Å²) >= 11 is 0.636. The molecule has 0 fully saturated rings. The van der Waals surface area contributed by atoms with Gasteiger partial charge in [-0.05, 0) is 0 Å². The van der Waals surface area contributed by atoms with E-state index in [4.69, 9.17) is 5.11 Å². The Balaban J connectivity index is 1.67. The van der Waals surface area contributed by atoms with Crippen LogP contribution < -0.4 is 0 Å². The Hall–Kier alpha value is -1.25. The quantitative estimate of drug-likeness (QED) is 0.577. The van der Waals surface area contributed by atoms with Crippen molar-refractivity contribution in [3.8, 4) is 0 Å². The summed E-state index contributed by atoms with van der Waals surface area (Å²) in [6.07, 6.45) is 5.44. The van der Waals surface area contributed by atoms with Crippen LogP contribution in [0.1, 0.15) is 24.8 Å². The van der Waals surface area contributed by atoms with Crippen LogP contribution in [-0.4, -0.2) is 31.0 Å². The summed E-state index contributed by atoms with van der Waals surface area (Å²) in [5.41, 5.74) is 2.62. The summed E-state index contributed by atoms with van der Waals surface area (Å²) in [4.78, 5) is 13.7. The van der Waals surface area contributed by atoms with Crippen LogP contribution in [0.3, 0.4) is 0 Å². The Bertz CT molecular complexity index is 536. The molecule has 3 nitrogen and oxygen atoms in total. The monoisotopic (exact) mass is 325 g/mol. The van der Waals surface area contributed by atoms with Gasteiger partial charge in [-0.2, -0.15) is 0 Å². The predicted octanol–water partition coefficient (Wildman–Crippen LogP) is 3.51. The standard InChI is InChI=1S/C15H19NO2Se/c17-15(18)7-3-4-9-19-10-8-12-11-16-14-6-2-1-5-13(12)14/h1-2,5-6,11,16H,3-4,7-10H2,(H,17,18). The van der Waals surface area contributed by atoms with Crippen molar-refractivity contribution < 1.29 is 9.90 Å². The fourth-order valence-electron chi connectivity index (χ4n) is 2.10. The predicted molar refractivity (Wildman–Crippen MR) is 78.9 cm³/mol. The summed E-state index contributed by atoms with van der Waals surface area (Å²) < 4.78 is 0. The summed E-state index contributed by atoms with van der Waals surface area (Å²) in [6, 6.07) is 8.41. The molecular weight excluding hydrogens is 305 g/mol. The number of nitrogens with one attached hydrogen (secondary N) is 1. The number of unbranched alkanes of at least 4 members (excludes halogenated alkanes) is 1. The molecule has 1 heterocycles. The first-order valence-corrected chi connectivity index (χ1v) is 9.04. The Kier molecular flexibility index (Phi) is 5.49. The fourth-order valence-corrected chi connectivity index (χ4v) is 4.15. The van der Waals surface area contributed by atoms with Gasteiger partial charge >= 0.3 is 119 Å². The van der Waals surface area contributed by atoms with Gasteiger partial charge in [-0.25, -0.2) is 0 Å². The zero-order valence-electron chi connectivity index (χ0n) is 10.9. The third-order valence-electron chi connectivity index (χ3n) is 3.12. The third-order valence-corrected chi connectivity index (χ3v) is 5.37. The van der Waals surface area contributed by atoms with Crippen molar-refractivity contribution in [2.45, 2.75) is 36.3 Å². The Morgan fingerprint density at radius 3 is 2.89 bits per heavy atom. The van der Waals surface area contributed by atoms with Crippen molar-refractivity contribution in [3.63, 3.8) is 0 Å². The number of hydrogen-bond donors (Lipinski definition) is 2. The normalized spacial score (nSPS) is 10.9. The van der Waals surface area contributed by atoms with Crippen LogP contribution in [0.25, 0.3) is 10.9 Å². The molecular formula is C15H19NO2Se. The molecule has 0 unspecified atom stereocenters. The van der Waals surface area contributed by atoms with E-state index in [0.717, 1.165) is 19.3 Å². The third kappa shape index (κ3) is 4.41. The SMILES string of the molecule is O=C(O)CCCC[Se]CCc1c[nH]c2ccccc12. The number of benzene rings is 1. The van der Waals surface area contributed by atoms with Crippen LogP contribution in [0.5, 0.6) is 0 Å². The number of aryl methyl sites for hydroxylation is 1. The number of fused-ring (bicyclic) bond motifs is 1. The number of aromatic nitrogens is 1. The number of carbonyl (C=O) groups is 1. The number of carboxylic acids is 1.